The van der Waals surface area contributed by atoms with Gasteiger partial charge in [-0.05, 0) is 0 Å². The van der Waals surface area contributed by atoms with Crippen LogP contribution in [-0.4, -0.2) is 42.8 Å². The first-order valence-corrected chi connectivity index (χ1v) is 1.49. The molecule has 0 spiro atoms. The van der Waals surface area contributed by atoms with Crippen molar-refractivity contribution in [3.8, 4) is 0 Å². The molecular weight excluding hydrogens is 124 g/mol. The Morgan fingerprint density at radius 2 is 2.12 bits per heavy atom. The van der Waals surface area contributed by atoms with Gasteiger partial charge in [0.2, 0.25) is 0 Å². The highest BCUT2D eigenvalue weighted by molar-refractivity contribution is 5.75. The molecule has 0 atom stereocenters. The van der Waals surface area contributed by atoms with E-state index >= 15 is 0 Å². The molecule has 0 aliphatic rings. The van der Waals surface area contributed by atoms with Crippen LogP contribution in [0.25, 0.3) is 0 Å². The first-order valence-electron chi connectivity index (χ1n) is 1.49. The highest BCUT2D eigenvalue weighted by atomic mass is 24.3. The Morgan fingerprint density at radius 1 is 1.62 bits per heavy atom. The minimum atomic E-state index is -0.991. The molecule has 4 nitrogen and oxygen atoms in total. The van der Waals surface area contributed by atoms with Gasteiger partial charge in [0.25, 0.3) is 0 Å². The third-order valence-corrected chi connectivity index (χ3v) is 0.311. The van der Waals surface area contributed by atoms with E-state index in [0.717, 1.165) is 7.11 Å². The lowest BCUT2D eigenvalue weighted by atomic mass is 11.3. The number of ether oxygens (including phenoxy) is 2. The summed E-state index contributed by atoms with van der Waals surface area (Å²) < 4.78 is 7.55. The first kappa shape index (κ1) is 10.6. The van der Waals surface area contributed by atoms with Crippen molar-refractivity contribution in [3.63, 3.8) is 0 Å². The second-order valence-electron chi connectivity index (χ2n) is 0.668. The van der Waals surface area contributed by atoms with Crippen LogP contribution in [-0.2, 0) is 14.3 Å². The van der Waals surface area contributed by atoms with Crippen LogP contribution in [0.5, 0.6) is 0 Å². The number of rotatable bonds is 1. The zero-order chi connectivity index (χ0) is 5.70. The number of carbonyl (C=O) groups is 2. The average molecular weight is 130 g/mol. The van der Waals surface area contributed by atoms with Gasteiger partial charge in [-0.2, -0.15) is 0 Å². The van der Waals surface area contributed by atoms with Gasteiger partial charge in [-0.1, -0.05) is 0 Å². The summed E-state index contributed by atoms with van der Waals surface area (Å²) in [6.45, 7) is 0.00579. The van der Waals surface area contributed by atoms with Gasteiger partial charge in [-0.15, -0.1) is 0 Å². The predicted octanol–water partition coefficient (Wildman–Crippen LogP) is -0.990. The highest BCUT2D eigenvalue weighted by Crippen LogP contribution is 1.73. The highest BCUT2D eigenvalue weighted by Gasteiger charge is 1.93. The van der Waals surface area contributed by atoms with Gasteiger partial charge in [-0.3, -0.25) is 4.79 Å². The smallest absolute Gasteiger partial charge is 0.437 e. The SMILES string of the molecule is COC(=O)OC=O.[MgH2]. The zero-order valence-corrected chi connectivity index (χ0v) is 3.71. The minimum Gasteiger partial charge on any atom is -0.437 e. The van der Waals surface area contributed by atoms with Gasteiger partial charge in [0.15, 0.2) is 0 Å². The number of methoxy groups -OCH3 is 1. The van der Waals surface area contributed by atoms with E-state index in [1.165, 1.54) is 0 Å². The van der Waals surface area contributed by atoms with E-state index in [2.05, 4.69) is 9.47 Å². The number of hydrogen-bond acceptors (Lipinski definition) is 4. The minimum absolute atomic E-state index is 0. The Balaban J connectivity index is 0. The second kappa shape index (κ2) is 6.71. The van der Waals surface area contributed by atoms with Crippen molar-refractivity contribution in [2.75, 3.05) is 7.11 Å². The van der Waals surface area contributed by atoms with Crippen LogP contribution >= 0.6 is 0 Å². The molecule has 0 aliphatic heterocycles. The summed E-state index contributed by atoms with van der Waals surface area (Å²) in [5.74, 6) is 0. The maximum absolute atomic E-state index is 9.74. The molecule has 0 saturated heterocycles. The molecule has 0 aromatic rings. The average Bonchev–Trinajstić information content (AvgIpc) is 1.68. The third kappa shape index (κ3) is 5.71. The van der Waals surface area contributed by atoms with Crippen molar-refractivity contribution in [2.45, 2.75) is 0 Å². The molecule has 0 amide bonds. The summed E-state index contributed by atoms with van der Waals surface area (Å²) in [7, 11) is 1.12. The van der Waals surface area contributed by atoms with E-state index in [0.29, 0.717) is 0 Å². The molecule has 5 heteroatoms. The largest absolute Gasteiger partial charge is 0.515 e. The van der Waals surface area contributed by atoms with Gasteiger partial charge in [0, 0.05) is 0 Å². The van der Waals surface area contributed by atoms with Gasteiger partial charge >= 0.3 is 35.7 Å². The summed E-state index contributed by atoms with van der Waals surface area (Å²) >= 11 is 0. The molecule has 0 aromatic carbocycles. The summed E-state index contributed by atoms with van der Waals surface area (Å²) in [4.78, 5) is 19.0. The normalized spacial score (nSPS) is 6.12. The summed E-state index contributed by atoms with van der Waals surface area (Å²) in [6, 6.07) is 0. The molecule has 44 valence electrons. The molecule has 0 aromatic heterocycles. The molecule has 0 N–H and O–H groups in total. The van der Waals surface area contributed by atoms with Crippen LogP contribution in [0.1, 0.15) is 0 Å². The van der Waals surface area contributed by atoms with Crippen LogP contribution in [0.15, 0.2) is 0 Å². The van der Waals surface area contributed by atoms with Crippen LogP contribution in [0.4, 0.5) is 4.79 Å². The quantitative estimate of drug-likeness (QED) is 0.198. The van der Waals surface area contributed by atoms with Crippen LogP contribution in [0.2, 0.25) is 0 Å². The first-order chi connectivity index (χ1) is 3.31. The third-order valence-electron chi connectivity index (χ3n) is 0.311. The van der Waals surface area contributed by atoms with E-state index in [9.17, 15) is 9.59 Å². The standard InChI is InChI=1S/C3H4O4.Mg.2H/c1-6-3(5)7-2-4;;;/h2H,1H3;;;. The predicted molar refractivity (Wildman–Crippen MR) is 28.1 cm³/mol. The van der Waals surface area contributed by atoms with E-state index in [-0.39, 0.29) is 29.5 Å². The van der Waals surface area contributed by atoms with Crippen LogP contribution < -0.4 is 0 Å². The molecule has 0 radical (unpaired) electrons. The molecule has 0 unspecified atom stereocenters. The lowest BCUT2D eigenvalue weighted by Crippen LogP contribution is -2.00. The summed E-state index contributed by atoms with van der Waals surface area (Å²) in [6.07, 6.45) is -0.991. The van der Waals surface area contributed by atoms with E-state index in [4.69, 9.17) is 0 Å². The van der Waals surface area contributed by atoms with E-state index in [1.54, 1.807) is 0 Å². The van der Waals surface area contributed by atoms with Crippen LogP contribution in [0.3, 0.4) is 0 Å². The summed E-state index contributed by atoms with van der Waals surface area (Å²) in [5.41, 5.74) is 0. The Labute approximate surface area is 62.3 Å². The molecule has 0 rings (SSSR count). The Bertz CT molecular complexity index is 81.4. The van der Waals surface area contributed by atoms with Gasteiger partial charge in [0.05, 0.1) is 7.11 Å². The van der Waals surface area contributed by atoms with E-state index < -0.39 is 6.16 Å². The molecule has 0 aliphatic carbocycles. The fourth-order valence-corrected chi connectivity index (χ4v) is 0.0874. The van der Waals surface area contributed by atoms with Crippen molar-refractivity contribution < 1.29 is 19.1 Å². The molecule has 0 heterocycles. The van der Waals surface area contributed by atoms with Gasteiger partial charge < -0.3 is 9.47 Å². The van der Waals surface area contributed by atoms with Crippen molar-refractivity contribution in [3.05, 3.63) is 0 Å². The zero-order valence-electron chi connectivity index (χ0n) is 3.71. The van der Waals surface area contributed by atoms with Crippen LogP contribution in [0, 0.1) is 0 Å². The molecule has 0 saturated carbocycles. The van der Waals surface area contributed by atoms with Crippen molar-refractivity contribution >= 4 is 35.7 Å². The fourth-order valence-electron chi connectivity index (χ4n) is 0.0874. The Kier molecular flexibility index (Phi) is 8.92. The molecule has 0 bridgehead atoms. The summed E-state index contributed by atoms with van der Waals surface area (Å²) in [5, 5.41) is 0. The lowest BCUT2D eigenvalue weighted by Gasteiger charge is -1.88. The van der Waals surface area contributed by atoms with Gasteiger partial charge in [0.1, 0.15) is 0 Å². The number of carbonyl (C=O) groups excluding carboxylic acids is 2. The van der Waals surface area contributed by atoms with Gasteiger partial charge in [-0.25, -0.2) is 4.79 Å². The number of hydrogen-bond donors (Lipinski definition) is 0. The maximum Gasteiger partial charge on any atom is 0.515 e. The maximum atomic E-state index is 9.74. The monoisotopic (exact) mass is 130 g/mol. The van der Waals surface area contributed by atoms with Crippen molar-refractivity contribution in [1.29, 1.82) is 0 Å². The second-order valence-corrected chi connectivity index (χ2v) is 0.668. The fraction of sp³-hybridized carbons (Fsp3) is 0.333. The topological polar surface area (TPSA) is 52.6 Å². The lowest BCUT2D eigenvalue weighted by molar-refractivity contribution is -0.125. The van der Waals surface area contributed by atoms with Crippen molar-refractivity contribution in [1.82, 2.24) is 0 Å². The molecule has 0 fully saturated rings. The Morgan fingerprint density at radius 3 is 2.25 bits per heavy atom. The van der Waals surface area contributed by atoms with Crippen molar-refractivity contribution in [2.24, 2.45) is 0 Å². The molecular formula is C3H6MgO4. The Hall–Kier alpha value is -0.294. The molecule has 8 heavy (non-hydrogen) atoms. The van der Waals surface area contributed by atoms with E-state index in [1.807, 2.05) is 0 Å².